The Bertz CT molecular complexity index is 1170. The lowest BCUT2D eigenvalue weighted by molar-refractivity contribution is -0.123. The summed E-state index contributed by atoms with van der Waals surface area (Å²) in [5.74, 6) is -0.986. The number of nitrogens with zero attached hydrogens (tertiary/aromatic N) is 2. The highest BCUT2D eigenvalue weighted by Gasteiger charge is 2.34. The van der Waals surface area contributed by atoms with Gasteiger partial charge in [-0.05, 0) is 56.2 Å². The average molecular weight is 440 g/mol. The number of amides is 3. The van der Waals surface area contributed by atoms with E-state index in [0.29, 0.717) is 10.6 Å². The number of allylic oxidation sites excluding steroid dienone is 1. The fourth-order valence-electron chi connectivity index (χ4n) is 3.97. The molecule has 1 fully saturated rings. The fourth-order valence-corrected chi connectivity index (χ4v) is 4.18. The van der Waals surface area contributed by atoms with Crippen molar-refractivity contribution in [3.63, 3.8) is 0 Å². The quantitative estimate of drug-likeness (QED) is 0.528. The minimum Gasteiger partial charge on any atom is -0.365 e. The lowest BCUT2D eigenvalue weighted by atomic mass is 9.88. The molecule has 2 aromatic rings. The van der Waals surface area contributed by atoms with Gasteiger partial charge in [0, 0.05) is 28.9 Å². The van der Waals surface area contributed by atoms with Crippen LogP contribution < -0.4 is 10.2 Å². The highest BCUT2D eigenvalue weighted by molar-refractivity contribution is 6.32. The Kier molecular flexibility index (Phi) is 5.13. The number of hydrogen-bond donors (Lipinski definition) is 1. The van der Waals surface area contributed by atoms with Crippen molar-refractivity contribution in [3.05, 3.63) is 75.7 Å². The Balaban J connectivity index is 1.67. The summed E-state index contributed by atoms with van der Waals surface area (Å²) in [6.07, 6.45) is 3.75. The maximum Gasteiger partial charge on any atom is 0.329 e. The van der Waals surface area contributed by atoms with Gasteiger partial charge < -0.3 is 10.2 Å². The van der Waals surface area contributed by atoms with Crippen LogP contribution in [0, 0.1) is 5.82 Å². The van der Waals surface area contributed by atoms with Gasteiger partial charge in [0.15, 0.2) is 0 Å². The lowest BCUT2D eigenvalue weighted by Gasteiger charge is -2.40. The van der Waals surface area contributed by atoms with Crippen molar-refractivity contribution in [1.29, 1.82) is 0 Å². The Labute approximate surface area is 185 Å². The van der Waals surface area contributed by atoms with Crippen LogP contribution in [0.5, 0.6) is 0 Å². The van der Waals surface area contributed by atoms with E-state index in [1.54, 1.807) is 24.3 Å². The van der Waals surface area contributed by atoms with Crippen LogP contribution in [0.3, 0.4) is 0 Å². The van der Waals surface area contributed by atoms with Gasteiger partial charge in [-0.15, -0.1) is 0 Å². The summed E-state index contributed by atoms with van der Waals surface area (Å²) < 4.78 is 14.0. The first-order chi connectivity index (χ1) is 14.6. The van der Waals surface area contributed by atoms with Gasteiger partial charge in [0.1, 0.15) is 11.5 Å². The van der Waals surface area contributed by atoms with Crippen LogP contribution in [0.1, 0.15) is 37.5 Å². The molecule has 2 aliphatic rings. The predicted molar refractivity (Wildman–Crippen MR) is 121 cm³/mol. The summed E-state index contributed by atoms with van der Waals surface area (Å²) in [6.45, 7) is 6.14. The van der Waals surface area contributed by atoms with Gasteiger partial charge in [0.2, 0.25) is 0 Å². The zero-order chi connectivity index (χ0) is 22.5. The number of rotatable bonds is 3. The highest BCUT2D eigenvalue weighted by atomic mass is 35.5. The van der Waals surface area contributed by atoms with Crippen LogP contribution >= 0.6 is 11.6 Å². The molecule has 2 aliphatic heterocycles. The van der Waals surface area contributed by atoms with Gasteiger partial charge in [-0.1, -0.05) is 35.9 Å². The van der Waals surface area contributed by atoms with Crippen LogP contribution in [0.25, 0.3) is 11.6 Å². The minimum atomic E-state index is -0.592. The van der Waals surface area contributed by atoms with Gasteiger partial charge >= 0.3 is 6.03 Å². The topological polar surface area (TPSA) is 52.7 Å². The molecule has 1 N–H and O–H groups in total. The Morgan fingerprint density at radius 1 is 1.19 bits per heavy atom. The number of benzene rings is 2. The second-order valence-electron chi connectivity index (χ2n) is 8.40. The van der Waals surface area contributed by atoms with Crippen LogP contribution in [-0.4, -0.2) is 29.4 Å². The molecular weight excluding hydrogens is 417 g/mol. The number of fused-ring (bicyclic) bond motifs is 1. The van der Waals surface area contributed by atoms with E-state index in [1.165, 1.54) is 6.07 Å². The SMILES string of the molecule is CC1=CC(C)(C)N(C)c2cc(Cl)c(/C=C3/NC(=O)N(Cc4ccccc4F)C3=O)cc21. The van der Waals surface area contributed by atoms with Crippen molar-refractivity contribution in [1.82, 2.24) is 10.2 Å². The van der Waals surface area contributed by atoms with Crippen LogP contribution in [0.2, 0.25) is 5.02 Å². The molecular formula is C24H23ClFN3O2. The highest BCUT2D eigenvalue weighted by Crippen LogP contribution is 2.41. The molecule has 0 unspecified atom stereocenters. The number of hydrogen-bond acceptors (Lipinski definition) is 3. The first kappa shape index (κ1) is 21.1. The molecule has 1 saturated heterocycles. The lowest BCUT2D eigenvalue weighted by Crippen LogP contribution is -2.42. The zero-order valence-corrected chi connectivity index (χ0v) is 18.5. The van der Waals surface area contributed by atoms with Gasteiger partial charge in [-0.2, -0.15) is 0 Å². The second kappa shape index (κ2) is 7.54. The molecule has 3 amide bonds. The maximum atomic E-state index is 14.0. The molecule has 0 radical (unpaired) electrons. The Morgan fingerprint density at radius 3 is 2.61 bits per heavy atom. The number of carbonyl (C=O) groups excluding carboxylic acids is 2. The third-order valence-electron chi connectivity index (χ3n) is 5.88. The first-order valence-corrected chi connectivity index (χ1v) is 10.3. The number of nitrogens with one attached hydrogen (secondary N) is 1. The zero-order valence-electron chi connectivity index (χ0n) is 17.8. The molecule has 160 valence electrons. The summed E-state index contributed by atoms with van der Waals surface area (Å²) in [5.41, 5.74) is 3.97. The smallest absolute Gasteiger partial charge is 0.329 e. The fraction of sp³-hybridized carbons (Fsp3) is 0.250. The second-order valence-corrected chi connectivity index (χ2v) is 8.81. The molecule has 0 bridgehead atoms. The summed E-state index contributed by atoms with van der Waals surface area (Å²) in [5, 5.41) is 3.05. The molecule has 5 nitrogen and oxygen atoms in total. The van der Waals surface area contributed by atoms with Gasteiger partial charge in [-0.25, -0.2) is 9.18 Å². The molecule has 2 heterocycles. The van der Waals surface area contributed by atoms with E-state index in [2.05, 4.69) is 30.1 Å². The molecule has 0 spiro atoms. The largest absolute Gasteiger partial charge is 0.365 e. The summed E-state index contributed by atoms with van der Waals surface area (Å²) >= 11 is 6.54. The number of urea groups is 1. The van der Waals surface area contributed by atoms with E-state index in [9.17, 15) is 14.0 Å². The van der Waals surface area contributed by atoms with E-state index in [4.69, 9.17) is 11.6 Å². The normalized spacial score (nSPS) is 18.9. The van der Waals surface area contributed by atoms with Crippen molar-refractivity contribution in [3.8, 4) is 0 Å². The predicted octanol–water partition coefficient (Wildman–Crippen LogP) is 5.20. The molecule has 31 heavy (non-hydrogen) atoms. The van der Waals surface area contributed by atoms with Gasteiger partial charge in [-0.3, -0.25) is 9.69 Å². The Morgan fingerprint density at radius 2 is 1.90 bits per heavy atom. The van der Waals surface area contributed by atoms with Crippen LogP contribution in [0.15, 0.2) is 48.2 Å². The summed E-state index contributed by atoms with van der Waals surface area (Å²) in [6, 6.07) is 9.27. The van der Waals surface area contributed by atoms with E-state index < -0.39 is 17.8 Å². The van der Waals surface area contributed by atoms with Crippen molar-refractivity contribution < 1.29 is 14.0 Å². The van der Waals surface area contributed by atoms with E-state index >= 15 is 0 Å². The number of anilines is 1. The third kappa shape index (κ3) is 3.72. The van der Waals surface area contributed by atoms with Crippen molar-refractivity contribution in [2.45, 2.75) is 32.9 Å². The molecule has 0 atom stereocenters. The van der Waals surface area contributed by atoms with Gasteiger partial charge in [0.05, 0.1) is 12.1 Å². The number of imide groups is 1. The van der Waals surface area contributed by atoms with Crippen LogP contribution in [0.4, 0.5) is 14.9 Å². The molecule has 0 aromatic heterocycles. The molecule has 0 aliphatic carbocycles. The summed E-state index contributed by atoms with van der Waals surface area (Å²) in [4.78, 5) is 28.3. The third-order valence-corrected chi connectivity index (χ3v) is 6.21. The monoisotopic (exact) mass is 439 g/mol. The number of carbonyl (C=O) groups is 2. The van der Waals surface area contributed by atoms with Crippen molar-refractivity contribution in [2.75, 3.05) is 11.9 Å². The summed E-state index contributed by atoms with van der Waals surface area (Å²) in [7, 11) is 2.01. The average Bonchev–Trinajstić information content (AvgIpc) is 2.96. The molecule has 7 heteroatoms. The maximum absolute atomic E-state index is 14.0. The van der Waals surface area contributed by atoms with E-state index in [1.807, 2.05) is 26.1 Å². The Hall–Kier alpha value is -3.12. The molecule has 0 saturated carbocycles. The van der Waals surface area contributed by atoms with Gasteiger partial charge in [0.25, 0.3) is 5.91 Å². The molecule has 2 aromatic carbocycles. The first-order valence-electron chi connectivity index (χ1n) is 9.93. The number of halogens is 2. The van der Waals surface area contributed by atoms with E-state index in [0.717, 1.165) is 21.7 Å². The standard InChI is InChI=1S/C24H23ClFN3O2/c1-14-12-24(2,3)28(4)21-11-18(25)16(9-17(14)21)10-20-22(30)29(23(31)27-20)13-15-7-5-6-8-19(15)26/h5-12H,13H2,1-4H3,(H,27,31)/b20-10+. The number of likely N-dealkylation sites (N-methyl/N-ethyl adjacent to an activating group) is 1. The van der Waals surface area contributed by atoms with Crippen molar-refractivity contribution >= 4 is 40.9 Å². The molecule has 4 rings (SSSR count). The minimum absolute atomic E-state index is 0.106. The van der Waals surface area contributed by atoms with E-state index in [-0.39, 0.29) is 23.3 Å². The van der Waals surface area contributed by atoms with Crippen LogP contribution in [-0.2, 0) is 11.3 Å². The van der Waals surface area contributed by atoms with Crippen molar-refractivity contribution in [2.24, 2.45) is 0 Å².